The van der Waals surface area contributed by atoms with Crippen LogP contribution in [0.4, 0.5) is 0 Å². The monoisotopic (exact) mass is 366 g/mol. The van der Waals surface area contributed by atoms with Crippen LogP contribution in [0.15, 0.2) is 41.3 Å². The lowest BCUT2D eigenvalue weighted by Gasteiger charge is -2.10. The molecule has 0 spiro atoms. The number of aromatic amines is 1. The molecule has 1 aromatic carbocycles. The average Bonchev–Trinajstić information content (AvgIpc) is 2.84. The average molecular weight is 367 g/mol. The van der Waals surface area contributed by atoms with E-state index in [9.17, 15) is 4.79 Å². The van der Waals surface area contributed by atoms with Gasteiger partial charge in [-0.15, -0.1) is 0 Å². The summed E-state index contributed by atoms with van der Waals surface area (Å²) in [6.07, 6.45) is 1.73. The molecule has 0 saturated heterocycles. The third-order valence-corrected chi connectivity index (χ3v) is 4.43. The molecule has 0 aliphatic heterocycles. The number of nitrogens with one attached hydrogen (secondary N) is 1. The van der Waals surface area contributed by atoms with E-state index in [-0.39, 0.29) is 5.56 Å². The van der Waals surface area contributed by atoms with Gasteiger partial charge in [0.1, 0.15) is 0 Å². The van der Waals surface area contributed by atoms with Crippen molar-refractivity contribution in [3.8, 4) is 11.4 Å². The number of rotatable bonds is 3. The van der Waals surface area contributed by atoms with Gasteiger partial charge in [0, 0.05) is 34.9 Å². The molecule has 8 heteroatoms. The number of hydrogen-bond donors (Lipinski definition) is 1. The summed E-state index contributed by atoms with van der Waals surface area (Å²) in [5.41, 5.74) is 1.46. The Kier molecular flexibility index (Phi) is 4.39. The largest absolute Gasteiger partial charge is 0.310 e. The van der Waals surface area contributed by atoms with Crippen molar-refractivity contribution in [3.63, 3.8) is 0 Å². The lowest BCUT2D eigenvalue weighted by molar-refractivity contribution is 0.758. The van der Waals surface area contributed by atoms with E-state index in [0.29, 0.717) is 27.2 Å². The first-order valence-electron chi connectivity index (χ1n) is 6.72. The first-order chi connectivity index (χ1) is 11.0. The van der Waals surface area contributed by atoms with Gasteiger partial charge in [-0.1, -0.05) is 29.3 Å². The highest BCUT2D eigenvalue weighted by atomic mass is 35.5. The van der Waals surface area contributed by atoms with Gasteiger partial charge in [0.2, 0.25) is 0 Å². The zero-order valence-electron chi connectivity index (χ0n) is 12.1. The van der Waals surface area contributed by atoms with E-state index in [2.05, 4.69) is 10.2 Å². The van der Waals surface area contributed by atoms with E-state index in [1.54, 1.807) is 39.6 Å². The van der Waals surface area contributed by atoms with Crippen LogP contribution in [-0.4, -0.2) is 19.3 Å². The lowest BCUT2D eigenvalue weighted by atomic mass is 10.2. The molecule has 0 aliphatic carbocycles. The van der Waals surface area contributed by atoms with Crippen molar-refractivity contribution in [2.75, 3.05) is 0 Å². The molecule has 5 nitrogen and oxygen atoms in total. The summed E-state index contributed by atoms with van der Waals surface area (Å²) in [5, 5.41) is 7.98. The van der Waals surface area contributed by atoms with Gasteiger partial charge in [-0.25, -0.2) is 0 Å². The fourth-order valence-electron chi connectivity index (χ4n) is 2.23. The van der Waals surface area contributed by atoms with Crippen LogP contribution in [-0.2, 0) is 13.6 Å². The van der Waals surface area contributed by atoms with Crippen LogP contribution < -0.4 is 5.56 Å². The van der Waals surface area contributed by atoms with Gasteiger partial charge in [0.05, 0.1) is 6.54 Å². The molecule has 0 atom stereocenters. The second-order valence-corrected chi connectivity index (χ2v) is 6.26. The van der Waals surface area contributed by atoms with Gasteiger partial charge in [-0.2, -0.15) is 5.10 Å². The fraction of sp³-hybridized carbons (Fsp3) is 0.133. The van der Waals surface area contributed by atoms with Crippen molar-refractivity contribution in [3.05, 3.63) is 67.3 Å². The summed E-state index contributed by atoms with van der Waals surface area (Å²) in [5.74, 6) is 0.658. The summed E-state index contributed by atoms with van der Waals surface area (Å²) < 4.78 is 3.83. The summed E-state index contributed by atoms with van der Waals surface area (Å²) in [6.45, 7) is 0.345. The van der Waals surface area contributed by atoms with Gasteiger partial charge in [-0.3, -0.25) is 9.89 Å². The van der Waals surface area contributed by atoms with E-state index < -0.39 is 0 Å². The molecule has 2 heterocycles. The van der Waals surface area contributed by atoms with Crippen molar-refractivity contribution >= 4 is 35.4 Å². The van der Waals surface area contributed by atoms with Gasteiger partial charge >= 0.3 is 0 Å². The Morgan fingerprint density at radius 3 is 2.70 bits per heavy atom. The number of hydrogen-bond acceptors (Lipinski definition) is 3. The molecule has 0 unspecified atom stereocenters. The number of H-pyrrole nitrogens is 1. The molecule has 0 aliphatic rings. The summed E-state index contributed by atoms with van der Waals surface area (Å²) >= 11 is 17.2. The lowest BCUT2D eigenvalue weighted by Crippen LogP contribution is -2.19. The third-order valence-electron chi connectivity index (χ3n) is 3.48. The Morgan fingerprint density at radius 2 is 2.04 bits per heavy atom. The second kappa shape index (κ2) is 6.31. The topological polar surface area (TPSA) is 55.6 Å². The molecule has 23 heavy (non-hydrogen) atoms. The van der Waals surface area contributed by atoms with Crippen LogP contribution in [0.25, 0.3) is 11.4 Å². The van der Waals surface area contributed by atoms with Crippen molar-refractivity contribution in [1.29, 1.82) is 0 Å². The quantitative estimate of drug-likeness (QED) is 0.719. The van der Waals surface area contributed by atoms with E-state index in [4.69, 9.17) is 35.4 Å². The maximum Gasteiger partial charge on any atom is 0.250 e. The molecule has 0 amide bonds. The van der Waals surface area contributed by atoms with Crippen molar-refractivity contribution in [2.45, 2.75) is 6.54 Å². The Bertz CT molecular complexity index is 990. The van der Waals surface area contributed by atoms with Gasteiger partial charge in [-0.05, 0) is 36.0 Å². The van der Waals surface area contributed by atoms with Crippen LogP contribution in [0.3, 0.4) is 0 Å². The molecule has 2 aromatic heterocycles. The molecule has 3 rings (SSSR count). The van der Waals surface area contributed by atoms with Crippen molar-refractivity contribution in [2.24, 2.45) is 7.05 Å². The summed E-state index contributed by atoms with van der Waals surface area (Å²) in [6, 6.07) is 8.42. The van der Waals surface area contributed by atoms with Crippen molar-refractivity contribution in [1.82, 2.24) is 19.3 Å². The van der Waals surface area contributed by atoms with Crippen molar-refractivity contribution < 1.29 is 0 Å². The van der Waals surface area contributed by atoms with E-state index >= 15 is 0 Å². The Hall–Kier alpha value is -1.89. The SMILES string of the molecule is Cn1c(-c2ccc(=O)n(Cc3ccc(Cl)cc3Cl)c2)n[nH]c1=S. The first kappa shape index (κ1) is 16.0. The Labute approximate surface area is 147 Å². The summed E-state index contributed by atoms with van der Waals surface area (Å²) in [7, 11) is 1.81. The number of aromatic nitrogens is 4. The zero-order valence-corrected chi connectivity index (χ0v) is 14.4. The predicted molar refractivity (Wildman–Crippen MR) is 93.7 cm³/mol. The standard InChI is InChI=1S/C15H12Cl2N4OS/c1-20-14(18-19-15(20)23)10-3-5-13(22)21(8-10)7-9-2-4-11(16)6-12(9)17/h2-6,8H,7H2,1H3,(H,19,23). The molecular weight excluding hydrogens is 355 g/mol. The zero-order chi connectivity index (χ0) is 16.6. The summed E-state index contributed by atoms with van der Waals surface area (Å²) in [4.78, 5) is 12.1. The van der Waals surface area contributed by atoms with Crippen LogP contribution >= 0.6 is 35.4 Å². The van der Waals surface area contributed by atoms with E-state index in [1.165, 1.54) is 6.07 Å². The first-order valence-corrected chi connectivity index (χ1v) is 7.88. The second-order valence-electron chi connectivity index (χ2n) is 5.03. The Morgan fingerprint density at radius 1 is 1.26 bits per heavy atom. The Balaban J connectivity index is 2.03. The van der Waals surface area contributed by atoms with Crippen LogP contribution in [0.2, 0.25) is 10.0 Å². The number of pyridine rings is 1. The molecule has 3 aromatic rings. The highest BCUT2D eigenvalue weighted by molar-refractivity contribution is 7.71. The molecule has 0 saturated carbocycles. The molecular formula is C15H12Cl2N4OS. The number of halogens is 2. The highest BCUT2D eigenvalue weighted by Gasteiger charge is 2.09. The van der Waals surface area contributed by atoms with E-state index in [1.807, 2.05) is 7.05 Å². The van der Waals surface area contributed by atoms with Crippen LogP contribution in [0, 0.1) is 4.77 Å². The minimum absolute atomic E-state index is 0.128. The minimum atomic E-state index is -0.128. The maximum absolute atomic E-state index is 12.1. The number of nitrogens with zero attached hydrogens (tertiary/aromatic N) is 3. The molecule has 118 valence electrons. The molecule has 0 radical (unpaired) electrons. The maximum atomic E-state index is 12.1. The smallest absolute Gasteiger partial charge is 0.250 e. The molecule has 1 N–H and O–H groups in total. The third kappa shape index (κ3) is 3.24. The minimum Gasteiger partial charge on any atom is -0.310 e. The van der Waals surface area contributed by atoms with Crippen LogP contribution in [0.5, 0.6) is 0 Å². The van der Waals surface area contributed by atoms with Crippen LogP contribution in [0.1, 0.15) is 5.56 Å². The highest BCUT2D eigenvalue weighted by Crippen LogP contribution is 2.22. The fourth-order valence-corrected chi connectivity index (χ4v) is 2.83. The molecule has 0 fully saturated rings. The van der Waals surface area contributed by atoms with E-state index in [0.717, 1.165) is 11.1 Å². The van der Waals surface area contributed by atoms with Gasteiger partial charge in [0.15, 0.2) is 10.6 Å². The number of benzene rings is 1. The normalized spacial score (nSPS) is 10.9. The van der Waals surface area contributed by atoms with Gasteiger partial charge in [0.25, 0.3) is 5.56 Å². The molecule has 0 bridgehead atoms. The van der Waals surface area contributed by atoms with Gasteiger partial charge < -0.3 is 9.13 Å². The predicted octanol–water partition coefficient (Wildman–Crippen LogP) is 3.66.